The van der Waals surface area contributed by atoms with Gasteiger partial charge >= 0.3 is 12.2 Å². The Morgan fingerprint density at radius 3 is 2.39 bits per heavy atom. The lowest BCUT2D eigenvalue weighted by molar-refractivity contribution is -0.137. The van der Waals surface area contributed by atoms with Crippen molar-refractivity contribution in [3.63, 3.8) is 0 Å². The van der Waals surface area contributed by atoms with E-state index in [1.54, 1.807) is 18.2 Å². The SMILES string of the molecule is NC(=O)N(c1ccc(-c2cccc3[nH]nc(N)c23)cc1)c1cc(C(F)(F)F)ccc1F. The molecule has 0 spiro atoms. The number of nitrogens with two attached hydrogens (primary N) is 2. The standard InChI is InChI=1S/C21H15F4N5O/c22-15-9-6-12(21(23,24)25)10-17(15)30(20(27)31)13-7-4-11(5-8-13)14-2-1-3-16-18(14)19(26)29-28-16/h1-10H,(H2,27,31)(H3,26,28,29). The molecule has 0 aliphatic carbocycles. The highest BCUT2D eigenvalue weighted by Gasteiger charge is 2.32. The summed E-state index contributed by atoms with van der Waals surface area (Å²) in [7, 11) is 0. The minimum absolute atomic E-state index is 0.0989. The van der Waals surface area contributed by atoms with E-state index in [1.807, 2.05) is 12.1 Å². The van der Waals surface area contributed by atoms with Crippen LogP contribution in [0.2, 0.25) is 0 Å². The van der Waals surface area contributed by atoms with E-state index < -0.39 is 29.3 Å². The number of nitrogen functional groups attached to an aromatic ring is 1. The van der Waals surface area contributed by atoms with Crippen LogP contribution < -0.4 is 16.4 Å². The van der Waals surface area contributed by atoms with Crippen LogP contribution in [-0.2, 0) is 6.18 Å². The van der Waals surface area contributed by atoms with Gasteiger partial charge in [-0.05, 0) is 47.5 Å². The maximum atomic E-state index is 14.3. The molecule has 5 N–H and O–H groups in total. The van der Waals surface area contributed by atoms with E-state index >= 15 is 0 Å². The summed E-state index contributed by atoms with van der Waals surface area (Å²) in [6.07, 6.45) is -4.71. The zero-order valence-corrected chi connectivity index (χ0v) is 15.7. The number of benzene rings is 3. The molecule has 0 bridgehead atoms. The van der Waals surface area contributed by atoms with Crippen LogP contribution in [0.3, 0.4) is 0 Å². The minimum atomic E-state index is -4.71. The van der Waals surface area contributed by atoms with E-state index in [0.717, 1.165) is 11.1 Å². The number of hydrogen-bond donors (Lipinski definition) is 3. The molecule has 0 atom stereocenters. The van der Waals surface area contributed by atoms with Crippen molar-refractivity contribution in [2.24, 2.45) is 5.73 Å². The van der Waals surface area contributed by atoms with E-state index in [2.05, 4.69) is 10.2 Å². The molecule has 3 aromatic carbocycles. The van der Waals surface area contributed by atoms with Crippen LogP contribution in [0, 0.1) is 5.82 Å². The maximum absolute atomic E-state index is 14.3. The molecule has 4 rings (SSSR count). The molecule has 1 aromatic heterocycles. The summed E-state index contributed by atoms with van der Waals surface area (Å²) in [6, 6.07) is 12.2. The summed E-state index contributed by atoms with van der Waals surface area (Å²) in [4.78, 5) is 12.7. The summed E-state index contributed by atoms with van der Waals surface area (Å²) in [5.41, 5.74) is 11.9. The summed E-state index contributed by atoms with van der Waals surface area (Å²) in [5.74, 6) is -0.716. The monoisotopic (exact) mass is 429 g/mol. The molecule has 0 radical (unpaired) electrons. The van der Waals surface area contributed by atoms with Crippen molar-refractivity contribution in [1.29, 1.82) is 0 Å². The molecule has 31 heavy (non-hydrogen) atoms. The number of nitrogens with one attached hydrogen (secondary N) is 1. The third-order valence-corrected chi connectivity index (χ3v) is 4.79. The number of rotatable bonds is 3. The Hall–Kier alpha value is -4.08. The summed E-state index contributed by atoms with van der Waals surface area (Å²) < 4.78 is 53.5. The van der Waals surface area contributed by atoms with Gasteiger partial charge in [-0.2, -0.15) is 18.3 Å². The second-order valence-corrected chi connectivity index (χ2v) is 6.72. The smallest absolute Gasteiger partial charge is 0.382 e. The molecule has 4 aromatic rings. The van der Waals surface area contributed by atoms with E-state index in [1.165, 1.54) is 12.1 Å². The molecule has 6 nitrogen and oxygen atoms in total. The van der Waals surface area contributed by atoms with Gasteiger partial charge in [-0.25, -0.2) is 9.18 Å². The summed E-state index contributed by atoms with van der Waals surface area (Å²) >= 11 is 0. The fourth-order valence-corrected chi connectivity index (χ4v) is 3.37. The Morgan fingerprint density at radius 2 is 1.74 bits per heavy atom. The Labute approximate surface area is 173 Å². The molecular formula is C21H15F4N5O. The molecule has 0 fully saturated rings. The fourth-order valence-electron chi connectivity index (χ4n) is 3.37. The number of carbonyl (C=O) groups is 1. The number of alkyl halides is 3. The largest absolute Gasteiger partial charge is 0.416 e. The fraction of sp³-hybridized carbons (Fsp3) is 0.0476. The van der Waals surface area contributed by atoms with Gasteiger partial charge in [-0.15, -0.1) is 0 Å². The van der Waals surface area contributed by atoms with Crippen molar-refractivity contribution in [2.75, 3.05) is 10.6 Å². The van der Waals surface area contributed by atoms with Gasteiger partial charge in [0.1, 0.15) is 5.82 Å². The van der Waals surface area contributed by atoms with Gasteiger partial charge in [-0.1, -0.05) is 24.3 Å². The van der Waals surface area contributed by atoms with E-state index in [0.29, 0.717) is 39.9 Å². The number of halogens is 4. The van der Waals surface area contributed by atoms with E-state index in [4.69, 9.17) is 11.5 Å². The van der Waals surface area contributed by atoms with E-state index in [-0.39, 0.29) is 5.69 Å². The maximum Gasteiger partial charge on any atom is 0.416 e. The number of aromatic nitrogens is 2. The van der Waals surface area contributed by atoms with Gasteiger partial charge in [0.25, 0.3) is 0 Å². The first-order valence-electron chi connectivity index (χ1n) is 8.96. The summed E-state index contributed by atoms with van der Waals surface area (Å²) in [6.45, 7) is 0. The van der Waals surface area contributed by atoms with Crippen molar-refractivity contribution < 1.29 is 22.4 Å². The van der Waals surface area contributed by atoms with Crippen LogP contribution in [0.15, 0.2) is 60.7 Å². The number of fused-ring (bicyclic) bond motifs is 1. The molecule has 0 saturated heterocycles. The van der Waals surface area contributed by atoms with Crippen molar-refractivity contribution >= 4 is 34.1 Å². The van der Waals surface area contributed by atoms with Crippen LogP contribution >= 0.6 is 0 Å². The highest BCUT2D eigenvalue weighted by atomic mass is 19.4. The molecule has 158 valence electrons. The predicted molar refractivity (Wildman–Crippen MR) is 109 cm³/mol. The number of primary amides is 1. The quantitative estimate of drug-likeness (QED) is 0.391. The van der Waals surface area contributed by atoms with Gasteiger partial charge in [0, 0.05) is 0 Å². The Balaban J connectivity index is 1.78. The number of carbonyl (C=O) groups excluding carboxylic acids is 1. The Kier molecular flexibility index (Phi) is 4.77. The first-order chi connectivity index (χ1) is 14.7. The first kappa shape index (κ1) is 20.2. The van der Waals surface area contributed by atoms with Gasteiger partial charge in [0.15, 0.2) is 5.82 Å². The van der Waals surface area contributed by atoms with Crippen LogP contribution in [0.4, 0.5) is 39.5 Å². The normalized spacial score (nSPS) is 11.6. The Morgan fingerprint density at radius 1 is 1.03 bits per heavy atom. The molecule has 0 aliphatic heterocycles. The van der Waals surface area contributed by atoms with E-state index in [9.17, 15) is 22.4 Å². The van der Waals surface area contributed by atoms with Gasteiger partial charge in [0.2, 0.25) is 0 Å². The second kappa shape index (κ2) is 7.31. The van der Waals surface area contributed by atoms with Crippen LogP contribution in [0.1, 0.15) is 5.56 Å². The molecule has 1 heterocycles. The zero-order chi connectivity index (χ0) is 22.3. The molecule has 10 heteroatoms. The highest BCUT2D eigenvalue weighted by Crippen LogP contribution is 2.37. The highest BCUT2D eigenvalue weighted by molar-refractivity contribution is 6.02. The van der Waals surface area contributed by atoms with Crippen LogP contribution in [0.25, 0.3) is 22.0 Å². The van der Waals surface area contributed by atoms with Crippen molar-refractivity contribution in [3.8, 4) is 11.1 Å². The van der Waals surface area contributed by atoms with Crippen molar-refractivity contribution in [1.82, 2.24) is 10.2 Å². The lowest BCUT2D eigenvalue weighted by Gasteiger charge is -2.22. The molecular weight excluding hydrogens is 414 g/mol. The topological polar surface area (TPSA) is 101 Å². The van der Waals surface area contributed by atoms with Crippen LogP contribution in [0.5, 0.6) is 0 Å². The summed E-state index contributed by atoms with van der Waals surface area (Å²) in [5, 5.41) is 7.49. The number of urea groups is 1. The zero-order valence-electron chi connectivity index (χ0n) is 15.7. The molecule has 0 saturated carbocycles. The number of H-pyrrole nitrogens is 1. The van der Waals surface area contributed by atoms with Gasteiger partial charge in [-0.3, -0.25) is 10.00 Å². The first-order valence-corrected chi connectivity index (χ1v) is 8.96. The van der Waals surface area contributed by atoms with Crippen molar-refractivity contribution in [2.45, 2.75) is 6.18 Å². The van der Waals surface area contributed by atoms with Gasteiger partial charge in [0.05, 0.1) is 27.8 Å². The molecule has 0 aliphatic rings. The average molecular weight is 429 g/mol. The third kappa shape index (κ3) is 3.63. The number of amides is 2. The van der Waals surface area contributed by atoms with Gasteiger partial charge < -0.3 is 11.5 Å². The number of nitrogens with zero attached hydrogens (tertiary/aromatic N) is 2. The lowest BCUT2D eigenvalue weighted by atomic mass is 10.0. The second-order valence-electron chi connectivity index (χ2n) is 6.72. The number of aromatic amines is 1. The Bertz CT molecular complexity index is 1280. The minimum Gasteiger partial charge on any atom is -0.382 e. The number of anilines is 3. The van der Waals surface area contributed by atoms with Crippen molar-refractivity contribution in [3.05, 3.63) is 72.0 Å². The lowest BCUT2D eigenvalue weighted by Crippen LogP contribution is -2.32. The van der Waals surface area contributed by atoms with Crippen LogP contribution in [-0.4, -0.2) is 16.2 Å². The number of hydrogen-bond acceptors (Lipinski definition) is 3. The third-order valence-electron chi connectivity index (χ3n) is 4.79. The average Bonchev–Trinajstić information content (AvgIpc) is 3.10. The predicted octanol–water partition coefficient (Wildman–Crippen LogP) is 5.19. The molecule has 0 unspecified atom stereocenters. The molecule has 2 amide bonds.